The number of benzene rings is 2. The number of hydrogen-bond donors (Lipinski definition) is 3. The summed E-state index contributed by atoms with van der Waals surface area (Å²) in [6, 6.07) is 11.1. The van der Waals surface area contributed by atoms with Crippen LogP contribution in [0.3, 0.4) is 0 Å². The summed E-state index contributed by atoms with van der Waals surface area (Å²) in [5.41, 5.74) is 1.20. The number of rotatable bonds is 10. The smallest absolute Gasteiger partial charge is 0.244 e. The predicted octanol–water partition coefficient (Wildman–Crippen LogP) is 2.43. The van der Waals surface area contributed by atoms with Gasteiger partial charge in [-0.3, -0.25) is 14.4 Å². The Morgan fingerprint density at radius 3 is 2.59 bits per heavy atom. The second-order valence-corrected chi connectivity index (χ2v) is 8.49. The molecule has 1 aliphatic heterocycles. The Morgan fingerprint density at radius 1 is 1.18 bits per heavy atom. The second-order valence-electron chi connectivity index (χ2n) is 8.05. The SMILES string of the molecule is O=CC(C[C@@H]1CCNC1=O)NC(=O)C(Cc1ccccc1)NC(=O)/C=C/c1cc(F)cc(Cl)c1. The third-order valence-corrected chi connectivity index (χ3v) is 5.64. The van der Waals surface area contributed by atoms with Crippen LogP contribution in [-0.4, -0.2) is 42.6 Å². The summed E-state index contributed by atoms with van der Waals surface area (Å²) >= 11 is 5.83. The fourth-order valence-electron chi connectivity index (χ4n) is 3.73. The number of carbonyl (C=O) groups excluding carboxylic acids is 4. The molecule has 2 aromatic carbocycles. The maximum atomic E-state index is 13.5. The Kier molecular flexibility index (Phi) is 8.93. The highest BCUT2D eigenvalue weighted by Gasteiger charge is 2.29. The molecule has 7 nitrogen and oxygen atoms in total. The average molecular weight is 486 g/mol. The largest absolute Gasteiger partial charge is 0.356 e. The molecule has 1 heterocycles. The van der Waals surface area contributed by atoms with Crippen LogP contribution in [0.5, 0.6) is 0 Å². The molecule has 3 atom stereocenters. The molecular weight excluding hydrogens is 461 g/mol. The van der Waals surface area contributed by atoms with Gasteiger partial charge in [0, 0.05) is 30.0 Å². The first kappa shape index (κ1) is 25.1. The standard InChI is InChI=1S/C25H25ClFN3O4/c26-19-10-17(11-20(27)14-19)6-7-23(32)30-22(12-16-4-2-1-3-5-16)25(34)29-21(15-31)13-18-8-9-28-24(18)33/h1-7,10-11,14-15,18,21-22H,8-9,12-13H2,(H,28,33)(H,29,34)(H,30,32)/b7-6+/t18-,21?,22?/m0/s1. The van der Waals surface area contributed by atoms with Crippen molar-refractivity contribution in [2.45, 2.75) is 31.3 Å². The van der Waals surface area contributed by atoms with Crippen LogP contribution in [0.2, 0.25) is 5.02 Å². The van der Waals surface area contributed by atoms with Crippen molar-refractivity contribution in [3.05, 3.63) is 76.6 Å². The molecule has 0 bridgehead atoms. The fourth-order valence-corrected chi connectivity index (χ4v) is 3.96. The van der Waals surface area contributed by atoms with Crippen molar-refractivity contribution in [1.29, 1.82) is 0 Å². The van der Waals surface area contributed by atoms with E-state index in [2.05, 4.69) is 16.0 Å². The minimum atomic E-state index is -0.976. The monoisotopic (exact) mass is 485 g/mol. The lowest BCUT2D eigenvalue weighted by atomic mass is 9.98. The highest BCUT2D eigenvalue weighted by Crippen LogP contribution is 2.16. The Hall–Kier alpha value is -3.52. The minimum Gasteiger partial charge on any atom is -0.356 e. The van der Waals surface area contributed by atoms with Crippen LogP contribution < -0.4 is 16.0 Å². The van der Waals surface area contributed by atoms with E-state index in [9.17, 15) is 23.6 Å². The van der Waals surface area contributed by atoms with E-state index in [1.807, 2.05) is 30.3 Å². The van der Waals surface area contributed by atoms with Crippen molar-refractivity contribution < 1.29 is 23.6 Å². The molecule has 9 heteroatoms. The number of nitrogens with one attached hydrogen (secondary N) is 3. The number of aldehydes is 1. The molecule has 0 spiro atoms. The number of amides is 3. The molecule has 178 valence electrons. The maximum absolute atomic E-state index is 13.5. The van der Waals surface area contributed by atoms with Gasteiger partial charge in [0.15, 0.2) is 0 Å². The molecule has 3 rings (SSSR count). The predicted molar refractivity (Wildman–Crippen MR) is 126 cm³/mol. The Morgan fingerprint density at radius 2 is 1.94 bits per heavy atom. The first-order valence-electron chi connectivity index (χ1n) is 10.9. The molecule has 0 saturated carbocycles. The molecule has 3 N–H and O–H groups in total. The van der Waals surface area contributed by atoms with Crippen molar-refractivity contribution in [3.63, 3.8) is 0 Å². The van der Waals surface area contributed by atoms with Crippen molar-refractivity contribution in [1.82, 2.24) is 16.0 Å². The van der Waals surface area contributed by atoms with Crippen LogP contribution in [-0.2, 0) is 25.6 Å². The molecule has 0 aliphatic carbocycles. The van der Waals surface area contributed by atoms with Gasteiger partial charge < -0.3 is 20.7 Å². The minimum absolute atomic E-state index is 0.141. The number of halogens is 2. The summed E-state index contributed by atoms with van der Waals surface area (Å²) in [4.78, 5) is 48.9. The second kappa shape index (κ2) is 12.1. The van der Waals surface area contributed by atoms with E-state index >= 15 is 0 Å². The zero-order valence-electron chi connectivity index (χ0n) is 18.3. The lowest BCUT2D eigenvalue weighted by Gasteiger charge is -2.21. The van der Waals surface area contributed by atoms with E-state index < -0.39 is 29.7 Å². The Bertz CT molecular complexity index is 1060. The summed E-state index contributed by atoms with van der Waals surface area (Å²) in [5, 5.41) is 8.17. The van der Waals surface area contributed by atoms with Crippen LogP contribution in [0, 0.1) is 11.7 Å². The van der Waals surface area contributed by atoms with Crippen molar-refractivity contribution in [2.24, 2.45) is 5.92 Å². The third kappa shape index (κ3) is 7.52. The first-order chi connectivity index (χ1) is 16.3. The number of hydrogen-bond acceptors (Lipinski definition) is 4. The maximum Gasteiger partial charge on any atom is 0.244 e. The fraction of sp³-hybridized carbons (Fsp3) is 0.280. The normalized spacial score (nSPS) is 17.1. The third-order valence-electron chi connectivity index (χ3n) is 5.42. The van der Waals surface area contributed by atoms with E-state index in [-0.39, 0.29) is 29.7 Å². The van der Waals surface area contributed by atoms with Gasteiger partial charge >= 0.3 is 0 Å². The summed E-state index contributed by atoms with van der Waals surface area (Å²) in [6.07, 6.45) is 4.13. The molecule has 1 fully saturated rings. The Balaban J connectivity index is 1.69. The van der Waals surface area contributed by atoms with Gasteiger partial charge in [0.1, 0.15) is 18.1 Å². The molecule has 0 radical (unpaired) electrons. The van der Waals surface area contributed by atoms with Gasteiger partial charge in [0.05, 0.1) is 6.04 Å². The van der Waals surface area contributed by atoms with Gasteiger partial charge in [-0.25, -0.2) is 4.39 Å². The lowest BCUT2D eigenvalue weighted by molar-refractivity contribution is -0.129. The molecule has 34 heavy (non-hydrogen) atoms. The lowest BCUT2D eigenvalue weighted by Crippen LogP contribution is -2.51. The highest BCUT2D eigenvalue weighted by atomic mass is 35.5. The summed E-state index contributed by atoms with van der Waals surface area (Å²) < 4.78 is 13.5. The topological polar surface area (TPSA) is 104 Å². The summed E-state index contributed by atoms with van der Waals surface area (Å²) in [5.74, 6) is -2.15. The average Bonchev–Trinajstić information content (AvgIpc) is 3.21. The van der Waals surface area contributed by atoms with Crippen LogP contribution >= 0.6 is 11.6 Å². The molecule has 2 unspecified atom stereocenters. The van der Waals surface area contributed by atoms with E-state index in [1.54, 1.807) is 0 Å². The van der Waals surface area contributed by atoms with E-state index in [0.717, 1.165) is 11.6 Å². The van der Waals surface area contributed by atoms with E-state index in [1.165, 1.54) is 24.3 Å². The zero-order chi connectivity index (χ0) is 24.5. The molecule has 0 aromatic heterocycles. The van der Waals surface area contributed by atoms with Crippen molar-refractivity contribution in [2.75, 3.05) is 6.54 Å². The van der Waals surface area contributed by atoms with Crippen LogP contribution in [0.25, 0.3) is 6.08 Å². The molecule has 2 aromatic rings. The summed E-state index contributed by atoms with van der Waals surface area (Å²) in [6.45, 7) is 0.540. The van der Waals surface area contributed by atoms with Gasteiger partial charge in [0.2, 0.25) is 17.7 Å². The van der Waals surface area contributed by atoms with Crippen molar-refractivity contribution in [3.8, 4) is 0 Å². The van der Waals surface area contributed by atoms with Gasteiger partial charge in [-0.05, 0) is 48.2 Å². The van der Waals surface area contributed by atoms with E-state index in [0.29, 0.717) is 24.8 Å². The highest BCUT2D eigenvalue weighted by molar-refractivity contribution is 6.30. The van der Waals surface area contributed by atoms with E-state index in [4.69, 9.17) is 11.6 Å². The number of carbonyl (C=O) groups is 4. The van der Waals surface area contributed by atoms with Gasteiger partial charge in [-0.15, -0.1) is 0 Å². The van der Waals surface area contributed by atoms with Crippen LogP contribution in [0.15, 0.2) is 54.6 Å². The van der Waals surface area contributed by atoms with Gasteiger partial charge in [-0.1, -0.05) is 41.9 Å². The van der Waals surface area contributed by atoms with Gasteiger partial charge in [-0.2, -0.15) is 0 Å². The first-order valence-corrected chi connectivity index (χ1v) is 11.2. The van der Waals surface area contributed by atoms with Gasteiger partial charge in [0.25, 0.3) is 0 Å². The molecule has 1 aliphatic rings. The molecular formula is C25H25ClFN3O4. The van der Waals surface area contributed by atoms with Crippen LogP contribution in [0.4, 0.5) is 4.39 Å². The molecule has 1 saturated heterocycles. The van der Waals surface area contributed by atoms with Crippen LogP contribution in [0.1, 0.15) is 24.0 Å². The molecule has 3 amide bonds. The zero-order valence-corrected chi connectivity index (χ0v) is 19.1. The summed E-state index contributed by atoms with van der Waals surface area (Å²) in [7, 11) is 0. The quantitative estimate of drug-likeness (QED) is 0.355. The van der Waals surface area contributed by atoms with Crippen molar-refractivity contribution >= 4 is 41.7 Å². The Labute approximate surface area is 201 Å².